The molecule has 2 aliphatic heterocycles. The van der Waals surface area contributed by atoms with Gasteiger partial charge < -0.3 is 9.80 Å². The van der Waals surface area contributed by atoms with E-state index in [0.717, 1.165) is 23.6 Å². The van der Waals surface area contributed by atoms with Gasteiger partial charge in [-0.05, 0) is 43.9 Å². The third kappa shape index (κ3) is 7.03. The molecule has 2 saturated heterocycles. The van der Waals surface area contributed by atoms with Crippen LogP contribution in [0.5, 0.6) is 0 Å². The van der Waals surface area contributed by atoms with Gasteiger partial charge in [0.2, 0.25) is 11.8 Å². The Morgan fingerprint density at radius 2 is 1.88 bits per heavy atom. The Morgan fingerprint density at radius 1 is 1.17 bits per heavy atom. The molecule has 41 heavy (non-hydrogen) atoms. The first kappa shape index (κ1) is 30.0. The molecule has 12 heteroatoms. The van der Waals surface area contributed by atoms with Crippen molar-refractivity contribution in [2.75, 3.05) is 35.9 Å². The van der Waals surface area contributed by atoms with Crippen LogP contribution in [0, 0.1) is 17.2 Å². The molecule has 2 fully saturated rings. The summed E-state index contributed by atoms with van der Waals surface area (Å²) in [7, 11) is -2.70. The normalized spacial score (nSPS) is 16.0. The lowest BCUT2D eigenvalue weighted by molar-refractivity contribution is -0.128. The Balaban J connectivity index is 1.49. The average molecular weight is 581 g/mol. The summed E-state index contributed by atoms with van der Waals surface area (Å²) in [6.07, 6.45) is 3.86. The van der Waals surface area contributed by atoms with Crippen LogP contribution in [0.25, 0.3) is 0 Å². The average Bonchev–Trinajstić information content (AvgIpc) is 3.39. The van der Waals surface area contributed by atoms with E-state index < -0.39 is 22.0 Å². The third-order valence-electron chi connectivity index (χ3n) is 7.65. The molecule has 1 aromatic heterocycles. The van der Waals surface area contributed by atoms with Crippen LogP contribution in [-0.2, 0) is 26.3 Å². The van der Waals surface area contributed by atoms with Gasteiger partial charge in [-0.3, -0.25) is 18.7 Å². The molecular formula is C29H36N6O5S. The van der Waals surface area contributed by atoms with Gasteiger partial charge in [-0.1, -0.05) is 31.5 Å². The Labute approximate surface area is 241 Å². The second-order valence-electron chi connectivity index (χ2n) is 10.4. The molecule has 4 rings (SSSR count). The first-order chi connectivity index (χ1) is 19.6. The highest BCUT2D eigenvalue weighted by molar-refractivity contribution is 7.91. The number of pyridine rings is 1. The van der Waals surface area contributed by atoms with Gasteiger partial charge in [-0.25, -0.2) is 9.71 Å². The number of piperidine rings is 1. The number of carbonyl (C=O) groups excluding carboxylic acids is 3. The Hall–Kier alpha value is -3.98. The molecule has 1 N–H and O–H groups in total. The number of nitrogens with one attached hydrogen (secondary N) is 1. The Kier molecular flexibility index (Phi) is 9.60. The molecule has 0 bridgehead atoms. The minimum atomic E-state index is -4.08. The summed E-state index contributed by atoms with van der Waals surface area (Å²) in [6.45, 7) is 3.55. The van der Waals surface area contributed by atoms with Crippen molar-refractivity contribution in [3.05, 3.63) is 53.2 Å². The summed E-state index contributed by atoms with van der Waals surface area (Å²) < 4.78 is 28.8. The van der Waals surface area contributed by atoms with Gasteiger partial charge in [0.05, 0.1) is 23.5 Å². The smallest absolute Gasteiger partial charge is 0.325 e. The van der Waals surface area contributed by atoms with Crippen LogP contribution >= 0.6 is 0 Å². The topological polar surface area (TPSA) is 144 Å². The maximum absolute atomic E-state index is 13.0. The largest absolute Gasteiger partial charge is 0.355 e. The van der Waals surface area contributed by atoms with Crippen molar-refractivity contribution in [2.45, 2.75) is 58.4 Å². The molecular weight excluding hydrogens is 544 g/mol. The fourth-order valence-electron chi connectivity index (χ4n) is 5.16. The van der Waals surface area contributed by atoms with Gasteiger partial charge in [0.25, 0.3) is 0 Å². The van der Waals surface area contributed by atoms with E-state index in [9.17, 15) is 28.1 Å². The van der Waals surface area contributed by atoms with Gasteiger partial charge in [0.15, 0.2) is 5.78 Å². The number of Topliss-reactive ketones (excluding diaryl/α,β-unsaturated/α-hetero) is 1. The van der Waals surface area contributed by atoms with Crippen molar-refractivity contribution < 1.29 is 22.8 Å². The van der Waals surface area contributed by atoms with E-state index in [0.29, 0.717) is 68.1 Å². The number of likely N-dealkylation sites (tertiary alicyclic amines) is 1. The summed E-state index contributed by atoms with van der Waals surface area (Å²) in [6, 6.07) is 12.2. The lowest BCUT2D eigenvalue weighted by Crippen LogP contribution is -2.47. The van der Waals surface area contributed by atoms with Gasteiger partial charge in [0, 0.05) is 51.0 Å². The van der Waals surface area contributed by atoms with Crippen molar-refractivity contribution >= 4 is 39.3 Å². The number of unbranched alkanes of at least 4 members (excludes halogenated alkanes) is 1. The summed E-state index contributed by atoms with van der Waals surface area (Å²) in [5.41, 5.74) is 1.54. The molecule has 0 saturated carbocycles. The molecule has 1 aromatic carbocycles. The van der Waals surface area contributed by atoms with Crippen molar-refractivity contribution in [3.8, 4) is 6.07 Å². The third-order valence-corrected chi connectivity index (χ3v) is 9.04. The number of nitriles is 1. The van der Waals surface area contributed by atoms with Crippen molar-refractivity contribution in [1.29, 1.82) is 5.26 Å². The van der Waals surface area contributed by atoms with E-state index >= 15 is 0 Å². The van der Waals surface area contributed by atoms with Gasteiger partial charge in [-0.2, -0.15) is 13.7 Å². The predicted octanol–water partition coefficient (Wildman–Crippen LogP) is 3.16. The zero-order valence-electron chi connectivity index (χ0n) is 23.5. The molecule has 0 radical (unpaired) electrons. The number of rotatable bonds is 11. The number of carbonyl (C=O) groups is 3. The van der Waals surface area contributed by atoms with E-state index in [1.165, 1.54) is 7.05 Å². The number of ketones is 1. The Morgan fingerprint density at radius 3 is 2.49 bits per heavy atom. The van der Waals surface area contributed by atoms with Gasteiger partial charge >= 0.3 is 10.2 Å². The Bertz CT molecular complexity index is 1430. The highest BCUT2D eigenvalue weighted by Gasteiger charge is 2.32. The van der Waals surface area contributed by atoms with Crippen molar-refractivity contribution in [1.82, 2.24) is 14.6 Å². The van der Waals surface area contributed by atoms with E-state index in [4.69, 9.17) is 4.98 Å². The number of anilines is 2. The van der Waals surface area contributed by atoms with Crippen LogP contribution < -0.4 is 13.9 Å². The lowest BCUT2D eigenvalue weighted by Gasteiger charge is -2.33. The van der Waals surface area contributed by atoms with Crippen LogP contribution in [-0.4, -0.2) is 62.6 Å². The quantitative estimate of drug-likeness (QED) is 0.399. The molecule has 218 valence electrons. The molecule has 0 unspecified atom stereocenters. The van der Waals surface area contributed by atoms with Crippen molar-refractivity contribution in [3.63, 3.8) is 0 Å². The molecule has 2 aromatic rings. The number of hydrogen-bond acceptors (Lipinski definition) is 8. The predicted molar refractivity (Wildman–Crippen MR) is 154 cm³/mol. The SMILES string of the molecule is CCCCC(=O)c1cc(C#N)c(N2CCC(C(=O)NS(=O)(=O)N(C)c3ccccc3)CC2)nc1CN1CCCC1=O. The summed E-state index contributed by atoms with van der Waals surface area (Å²) in [4.78, 5) is 46.6. The molecule has 0 aliphatic carbocycles. The van der Waals surface area contributed by atoms with Crippen LogP contribution in [0.4, 0.5) is 11.5 Å². The first-order valence-corrected chi connectivity index (χ1v) is 15.4. The second-order valence-corrected chi connectivity index (χ2v) is 12.1. The number of amides is 2. The number of benzene rings is 1. The van der Waals surface area contributed by atoms with Crippen LogP contribution in [0.15, 0.2) is 36.4 Å². The molecule has 2 amide bonds. The molecule has 3 heterocycles. The monoisotopic (exact) mass is 580 g/mol. The first-order valence-electron chi connectivity index (χ1n) is 14.0. The maximum Gasteiger partial charge on any atom is 0.325 e. The van der Waals surface area contributed by atoms with E-state index in [2.05, 4.69) is 10.8 Å². The highest BCUT2D eigenvalue weighted by Crippen LogP contribution is 2.29. The highest BCUT2D eigenvalue weighted by atomic mass is 32.2. The van der Waals surface area contributed by atoms with Crippen LogP contribution in [0.2, 0.25) is 0 Å². The fourth-order valence-corrected chi connectivity index (χ4v) is 6.12. The number of nitrogens with zero attached hydrogens (tertiary/aromatic N) is 5. The fraction of sp³-hybridized carbons (Fsp3) is 0.483. The van der Waals surface area contributed by atoms with Gasteiger partial charge in [0.1, 0.15) is 11.9 Å². The van der Waals surface area contributed by atoms with Gasteiger partial charge in [-0.15, -0.1) is 0 Å². The standard InChI is InChI=1S/C29H36N6O5S/c1-3-4-11-26(36)24-18-22(19-30)28(31-25(24)20-35-15-8-12-27(35)37)34-16-13-21(14-17-34)29(38)32-41(39,40)33(2)23-9-6-5-7-10-23/h5-7,9-10,18,21H,3-4,8,11-17,20H2,1-2H3,(H,32,38). The molecule has 0 spiro atoms. The summed E-state index contributed by atoms with van der Waals surface area (Å²) in [5, 5.41) is 9.93. The minimum Gasteiger partial charge on any atom is -0.355 e. The number of para-hydroxylation sites is 1. The summed E-state index contributed by atoms with van der Waals surface area (Å²) >= 11 is 0. The van der Waals surface area contributed by atoms with E-state index in [-0.39, 0.29) is 23.8 Å². The zero-order chi connectivity index (χ0) is 29.6. The molecule has 2 aliphatic rings. The zero-order valence-corrected chi connectivity index (χ0v) is 24.3. The van der Waals surface area contributed by atoms with E-state index in [1.54, 1.807) is 41.3 Å². The molecule has 0 atom stereocenters. The number of hydrogen-bond donors (Lipinski definition) is 1. The second kappa shape index (κ2) is 13.1. The van der Waals surface area contributed by atoms with Crippen LogP contribution in [0.3, 0.4) is 0 Å². The lowest BCUT2D eigenvalue weighted by atomic mass is 9.95. The van der Waals surface area contributed by atoms with Crippen molar-refractivity contribution in [2.24, 2.45) is 5.92 Å². The molecule has 11 nitrogen and oxygen atoms in total. The summed E-state index contributed by atoms with van der Waals surface area (Å²) in [5.74, 6) is -0.778. The van der Waals surface area contributed by atoms with Crippen LogP contribution in [0.1, 0.15) is 73.5 Å². The minimum absolute atomic E-state index is 0.0179. The van der Waals surface area contributed by atoms with E-state index in [1.807, 2.05) is 11.8 Å². The number of aromatic nitrogens is 1. The maximum atomic E-state index is 13.0.